The van der Waals surface area contributed by atoms with Crippen molar-refractivity contribution in [2.75, 3.05) is 34.4 Å². The molecule has 2 aromatic rings. The highest BCUT2D eigenvalue weighted by atomic mass is 19.1. The van der Waals surface area contributed by atoms with Gasteiger partial charge in [-0.3, -0.25) is 0 Å². The standard InChI is InChI=1S/C27H38FNO3/c1-19(2)26-23-10-9-22(28)18-21(23)12-13-27(26,30)14-16-29(3)15-6-7-20-8-11-24(31-4)25(17-20)32-5/h8-11,17-19,26,30H,6-7,12-16H2,1-5H3. The minimum absolute atomic E-state index is 0.0343. The summed E-state index contributed by atoms with van der Waals surface area (Å²) in [6.07, 6.45) is 4.13. The Hall–Kier alpha value is -2.11. The molecule has 0 radical (unpaired) electrons. The molecule has 0 saturated carbocycles. The molecule has 0 heterocycles. The highest BCUT2D eigenvalue weighted by Gasteiger charge is 2.43. The molecule has 3 rings (SSSR count). The predicted octanol–water partition coefficient (Wildman–Crippen LogP) is 5.21. The summed E-state index contributed by atoms with van der Waals surface area (Å²) >= 11 is 0. The SMILES string of the molecule is COc1ccc(CCCN(C)CCC2(O)CCc3cc(F)ccc3C2C(C)C)cc1OC. The first-order valence-electron chi connectivity index (χ1n) is 11.7. The lowest BCUT2D eigenvalue weighted by atomic mass is 9.66. The molecule has 0 spiro atoms. The molecule has 4 nitrogen and oxygen atoms in total. The van der Waals surface area contributed by atoms with E-state index < -0.39 is 5.60 Å². The molecule has 0 saturated heterocycles. The molecule has 176 valence electrons. The molecule has 2 atom stereocenters. The lowest BCUT2D eigenvalue weighted by molar-refractivity contribution is -0.0300. The molecule has 5 heteroatoms. The highest BCUT2D eigenvalue weighted by molar-refractivity contribution is 5.43. The van der Waals surface area contributed by atoms with E-state index >= 15 is 0 Å². The summed E-state index contributed by atoms with van der Waals surface area (Å²) in [6.45, 7) is 6.10. The van der Waals surface area contributed by atoms with Crippen LogP contribution in [0.3, 0.4) is 0 Å². The maximum atomic E-state index is 13.7. The summed E-state index contributed by atoms with van der Waals surface area (Å²) in [6, 6.07) is 11.1. The van der Waals surface area contributed by atoms with E-state index in [9.17, 15) is 9.50 Å². The molecule has 1 aliphatic carbocycles. The number of methoxy groups -OCH3 is 2. The quantitative estimate of drug-likeness (QED) is 0.547. The Balaban J connectivity index is 1.55. The maximum absolute atomic E-state index is 13.7. The van der Waals surface area contributed by atoms with E-state index in [0.717, 1.165) is 61.4 Å². The second-order valence-electron chi connectivity index (χ2n) is 9.51. The Labute approximate surface area is 192 Å². The third-order valence-corrected chi connectivity index (χ3v) is 6.89. The van der Waals surface area contributed by atoms with Gasteiger partial charge in [-0.15, -0.1) is 0 Å². The van der Waals surface area contributed by atoms with Gasteiger partial charge in [0.2, 0.25) is 0 Å². The van der Waals surface area contributed by atoms with Gasteiger partial charge in [-0.2, -0.15) is 0 Å². The lowest BCUT2D eigenvalue weighted by Crippen LogP contribution is -2.45. The molecule has 1 aliphatic rings. The van der Waals surface area contributed by atoms with Crippen molar-refractivity contribution >= 4 is 0 Å². The van der Waals surface area contributed by atoms with Gasteiger partial charge in [0.05, 0.1) is 19.8 Å². The number of hydrogen-bond donors (Lipinski definition) is 1. The molecular formula is C27H38FNO3. The van der Waals surface area contributed by atoms with Gasteiger partial charge in [-0.25, -0.2) is 4.39 Å². The van der Waals surface area contributed by atoms with Crippen LogP contribution in [-0.2, 0) is 12.8 Å². The summed E-state index contributed by atoms with van der Waals surface area (Å²) in [4.78, 5) is 2.30. The molecule has 2 unspecified atom stereocenters. The highest BCUT2D eigenvalue weighted by Crippen LogP contribution is 2.45. The van der Waals surface area contributed by atoms with E-state index in [-0.39, 0.29) is 11.7 Å². The van der Waals surface area contributed by atoms with Crippen LogP contribution in [0.1, 0.15) is 55.7 Å². The van der Waals surface area contributed by atoms with Crippen molar-refractivity contribution < 1.29 is 19.0 Å². The van der Waals surface area contributed by atoms with Gasteiger partial charge in [0.15, 0.2) is 11.5 Å². The van der Waals surface area contributed by atoms with Gasteiger partial charge in [0.1, 0.15) is 5.82 Å². The zero-order chi connectivity index (χ0) is 23.3. The number of nitrogens with zero attached hydrogens (tertiary/aromatic N) is 1. The van der Waals surface area contributed by atoms with Crippen LogP contribution in [0.25, 0.3) is 0 Å². The topological polar surface area (TPSA) is 41.9 Å². The Morgan fingerprint density at radius 3 is 2.53 bits per heavy atom. The minimum atomic E-state index is -0.753. The molecule has 0 fully saturated rings. The molecule has 32 heavy (non-hydrogen) atoms. The predicted molar refractivity (Wildman–Crippen MR) is 127 cm³/mol. The van der Waals surface area contributed by atoms with Crippen LogP contribution in [0.15, 0.2) is 36.4 Å². The normalized spacial score (nSPS) is 20.5. The van der Waals surface area contributed by atoms with Crippen molar-refractivity contribution in [3.8, 4) is 11.5 Å². The summed E-state index contributed by atoms with van der Waals surface area (Å²) in [7, 11) is 5.42. The molecule has 0 amide bonds. The van der Waals surface area contributed by atoms with E-state index in [1.54, 1.807) is 20.3 Å². The largest absolute Gasteiger partial charge is 0.493 e. The van der Waals surface area contributed by atoms with Crippen LogP contribution in [0, 0.1) is 11.7 Å². The number of aryl methyl sites for hydroxylation is 2. The first kappa shape index (κ1) is 24.5. The van der Waals surface area contributed by atoms with E-state index in [2.05, 4.69) is 31.9 Å². The first-order chi connectivity index (χ1) is 15.3. The van der Waals surface area contributed by atoms with Crippen LogP contribution in [0.5, 0.6) is 11.5 Å². The summed E-state index contributed by atoms with van der Waals surface area (Å²) in [5.74, 6) is 1.65. The monoisotopic (exact) mass is 443 g/mol. The summed E-state index contributed by atoms with van der Waals surface area (Å²) < 4.78 is 24.4. The first-order valence-corrected chi connectivity index (χ1v) is 11.7. The van der Waals surface area contributed by atoms with Gasteiger partial charge >= 0.3 is 0 Å². The van der Waals surface area contributed by atoms with Gasteiger partial charge < -0.3 is 19.5 Å². The van der Waals surface area contributed by atoms with E-state index in [4.69, 9.17) is 9.47 Å². The number of rotatable bonds is 10. The van der Waals surface area contributed by atoms with Crippen LogP contribution in [0.4, 0.5) is 4.39 Å². The van der Waals surface area contributed by atoms with Crippen LogP contribution in [0.2, 0.25) is 0 Å². The smallest absolute Gasteiger partial charge is 0.160 e. The van der Waals surface area contributed by atoms with Crippen molar-refractivity contribution in [2.24, 2.45) is 5.92 Å². The van der Waals surface area contributed by atoms with Gasteiger partial charge in [-0.1, -0.05) is 26.0 Å². The zero-order valence-electron chi connectivity index (χ0n) is 20.2. The number of halogens is 1. The lowest BCUT2D eigenvalue weighted by Gasteiger charge is -2.44. The Morgan fingerprint density at radius 1 is 1.09 bits per heavy atom. The van der Waals surface area contributed by atoms with E-state index in [1.807, 2.05) is 18.2 Å². The average Bonchev–Trinajstić information content (AvgIpc) is 2.77. The molecule has 1 N–H and O–H groups in total. The van der Waals surface area contributed by atoms with Crippen molar-refractivity contribution in [2.45, 2.75) is 57.5 Å². The number of fused-ring (bicyclic) bond motifs is 1. The molecule has 2 aromatic carbocycles. The Kier molecular flexibility index (Phi) is 8.18. The number of hydrogen-bond acceptors (Lipinski definition) is 4. The summed E-state index contributed by atoms with van der Waals surface area (Å²) in [5, 5.41) is 11.6. The number of benzene rings is 2. The fourth-order valence-corrected chi connectivity index (χ4v) is 5.24. The Bertz CT molecular complexity index is 900. The van der Waals surface area contributed by atoms with Gasteiger partial charge in [-0.05, 0) is 92.6 Å². The van der Waals surface area contributed by atoms with E-state index in [1.165, 1.54) is 11.6 Å². The van der Waals surface area contributed by atoms with Crippen molar-refractivity contribution in [1.29, 1.82) is 0 Å². The fraction of sp³-hybridized carbons (Fsp3) is 0.556. The number of aliphatic hydroxyl groups is 1. The maximum Gasteiger partial charge on any atom is 0.160 e. The van der Waals surface area contributed by atoms with Crippen LogP contribution in [-0.4, -0.2) is 50.0 Å². The summed E-state index contributed by atoms with van der Waals surface area (Å²) in [5.41, 5.74) is 2.64. The minimum Gasteiger partial charge on any atom is -0.493 e. The average molecular weight is 444 g/mol. The second kappa shape index (κ2) is 10.7. The second-order valence-corrected chi connectivity index (χ2v) is 9.51. The van der Waals surface area contributed by atoms with Crippen LogP contribution >= 0.6 is 0 Å². The van der Waals surface area contributed by atoms with Gasteiger partial charge in [0.25, 0.3) is 0 Å². The van der Waals surface area contributed by atoms with E-state index in [0.29, 0.717) is 12.3 Å². The molecule has 0 bridgehead atoms. The fourth-order valence-electron chi connectivity index (χ4n) is 5.24. The van der Waals surface area contributed by atoms with Crippen molar-refractivity contribution in [3.05, 3.63) is 58.9 Å². The van der Waals surface area contributed by atoms with Crippen molar-refractivity contribution in [1.82, 2.24) is 4.90 Å². The van der Waals surface area contributed by atoms with Crippen molar-refractivity contribution in [3.63, 3.8) is 0 Å². The van der Waals surface area contributed by atoms with Crippen LogP contribution < -0.4 is 9.47 Å². The number of ether oxygens (including phenoxy) is 2. The molecular weight excluding hydrogens is 405 g/mol. The van der Waals surface area contributed by atoms with Gasteiger partial charge in [0, 0.05) is 12.5 Å². The zero-order valence-corrected chi connectivity index (χ0v) is 20.2. The third kappa shape index (κ3) is 5.62. The third-order valence-electron chi connectivity index (χ3n) is 6.89. The molecule has 0 aliphatic heterocycles. The molecule has 0 aromatic heterocycles. The Morgan fingerprint density at radius 2 is 1.84 bits per heavy atom.